The van der Waals surface area contributed by atoms with E-state index in [0.717, 1.165) is 0 Å². The molecule has 5 rings (SSSR count). The number of rotatable bonds is 0. The second-order valence-electron chi connectivity index (χ2n) is 12.6. The molecule has 0 nitrogen and oxygen atoms in total. The predicted octanol–water partition coefficient (Wildman–Crippen LogP) is 12.5. The average molecular weight is 865 g/mol. The van der Waals surface area contributed by atoms with Crippen molar-refractivity contribution >= 4 is 0 Å². The Bertz CT molecular complexity index is 1360. The zero-order valence-electron chi connectivity index (χ0n) is 32.7. The van der Waals surface area contributed by atoms with Crippen LogP contribution in [-0.2, 0) is 98.1 Å². The molecule has 3 heteroatoms. The first-order valence-corrected chi connectivity index (χ1v) is 15.9. The van der Waals surface area contributed by atoms with E-state index in [9.17, 15) is 0 Å². The molecule has 0 aliphatic rings. The molecule has 0 saturated heterocycles. The molecule has 5 aromatic rings. The van der Waals surface area contributed by atoms with Crippen molar-refractivity contribution < 1.29 is 98.1 Å². The first kappa shape index (κ1) is 51.8. The molecule has 0 heterocycles. The van der Waals surface area contributed by atoms with E-state index >= 15 is 0 Å². The number of aryl methyl sites for hydroxylation is 15. The molecular formula is C45H57Y3-3. The third-order valence-corrected chi connectivity index (χ3v) is 8.00. The van der Waals surface area contributed by atoms with Crippen LogP contribution in [0.1, 0.15) is 83.5 Å². The summed E-state index contributed by atoms with van der Waals surface area (Å²) in [6.07, 6.45) is 0. The van der Waals surface area contributed by atoms with Crippen molar-refractivity contribution in [3.63, 3.8) is 0 Å². The van der Waals surface area contributed by atoms with Gasteiger partial charge < -0.3 is 0 Å². The van der Waals surface area contributed by atoms with Crippen LogP contribution < -0.4 is 0 Å². The van der Waals surface area contributed by atoms with Gasteiger partial charge in [-0.05, 0) is 63.8 Å². The van der Waals surface area contributed by atoms with Crippen LogP contribution in [0.25, 0.3) is 0 Å². The topological polar surface area (TPSA) is 0 Å². The maximum Gasteiger partial charge on any atom is 0 e. The van der Waals surface area contributed by atoms with Crippen LogP contribution in [0.5, 0.6) is 0 Å². The Balaban J connectivity index is -0.000000519. The molecule has 249 valence electrons. The summed E-state index contributed by atoms with van der Waals surface area (Å²) in [7, 11) is 0. The fraction of sp³-hybridized carbons (Fsp3) is 0.333. The van der Waals surface area contributed by atoms with Crippen LogP contribution in [0.4, 0.5) is 0 Å². The van der Waals surface area contributed by atoms with Crippen LogP contribution >= 0.6 is 0 Å². The molecule has 3 radical (unpaired) electrons. The fourth-order valence-corrected chi connectivity index (χ4v) is 4.25. The van der Waals surface area contributed by atoms with E-state index in [2.05, 4.69) is 177 Å². The Morgan fingerprint density at radius 3 is 0.875 bits per heavy atom. The van der Waals surface area contributed by atoms with E-state index in [1.165, 1.54) is 83.5 Å². The zero-order valence-corrected chi connectivity index (χ0v) is 41.2. The summed E-state index contributed by atoms with van der Waals surface area (Å²) in [4.78, 5) is 0. The van der Waals surface area contributed by atoms with Gasteiger partial charge in [-0.3, -0.25) is 0 Å². The van der Waals surface area contributed by atoms with Gasteiger partial charge in [-0.1, -0.05) is 110 Å². The van der Waals surface area contributed by atoms with Crippen molar-refractivity contribution in [2.45, 2.75) is 104 Å². The van der Waals surface area contributed by atoms with Gasteiger partial charge in [0, 0.05) is 98.1 Å². The van der Waals surface area contributed by atoms with Gasteiger partial charge >= 0.3 is 0 Å². The molecular weight excluding hydrogens is 807 g/mol. The largest absolute Gasteiger partial charge is 0.180 e. The smallest absolute Gasteiger partial charge is 0 e. The number of hydrogen-bond donors (Lipinski definition) is 0. The van der Waals surface area contributed by atoms with Crippen LogP contribution in [0.3, 0.4) is 0 Å². The number of benzene rings is 5. The quantitative estimate of drug-likeness (QED) is 0.136. The van der Waals surface area contributed by atoms with Crippen LogP contribution in [-0.4, -0.2) is 0 Å². The first-order chi connectivity index (χ1) is 21.0. The van der Waals surface area contributed by atoms with Crippen molar-refractivity contribution in [2.75, 3.05) is 0 Å². The van der Waals surface area contributed by atoms with E-state index in [1.807, 2.05) is 18.2 Å². The summed E-state index contributed by atoms with van der Waals surface area (Å²) in [5.41, 5.74) is 19.8. The van der Waals surface area contributed by atoms with Gasteiger partial charge in [-0.25, -0.2) is 0 Å². The molecule has 0 fully saturated rings. The molecule has 0 atom stereocenters. The van der Waals surface area contributed by atoms with Crippen LogP contribution in [0.15, 0.2) is 72.8 Å². The summed E-state index contributed by atoms with van der Waals surface area (Å²) in [6, 6.07) is 35.0. The molecule has 0 aliphatic heterocycles. The molecule has 0 bridgehead atoms. The summed E-state index contributed by atoms with van der Waals surface area (Å²) in [5.74, 6) is 0. The zero-order chi connectivity index (χ0) is 34.3. The fourth-order valence-electron chi connectivity index (χ4n) is 4.25. The standard InChI is InChI=1S/2C9H12.3C9H11.3Y/c5*1-7-4-5-8(2)9(3)6-7;;;/h2*4-6H,1-3H3;5-6H,1-3H3;2*4,6H,1-3H3;;;/q;;3*-1;;;. The Hall–Kier alpha value is -0.588. The second kappa shape index (κ2) is 27.1. The van der Waals surface area contributed by atoms with Crippen LogP contribution in [0, 0.1) is 122 Å². The molecule has 0 saturated carbocycles. The van der Waals surface area contributed by atoms with Gasteiger partial charge in [-0.2, -0.15) is 105 Å². The van der Waals surface area contributed by atoms with Gasteiger partial charge in [0.2, 0.25) is 0 Å². The Morgan fingerprint density at radius 1 is 0.292 bits per heavy atom. The SMILES string of the molecule is Cc1[c-]cc(C)c(C)c1.Cc1c[c-]c(C)c(C)c1.Cc1c[c-]c(C)c(C)c1.Cc1ccc(C)c(C)c1.Cc1ccc(C)c(C)c1.[Y].[Y].[Y]. The summed E-state index contributed by atoms with van der Waals surface area (Å²) < 4.78 is 0. The maximum absolute atomic E-state index is 3.17. The van der Waals surface area contributed by atoms with Crippen molar-refractivity contribution in [1.29, 1.82) is 0 Å². The van der Waals surface area contributed by atoms with E-state index < -0.39 is 0 Å². The van der Waals surface area contributed by atoms with Gasteiger partial charge in [0.25, 0.3) is 0 Å². The Kier molecular flexibility index (Phi) is 29.2. The summed E-state index contributed by atoms with van der Waals surface area (Å²) in [6.45, 7) is 31.6. The third kappa shape index (κ3) is 21.6. The minimum absolute atomic E-state index is 0. The minimum atomic E-state index is 0. The van der Waals surface area contributed by atoms with Crippen molar-refractivity contribution in [3.05, 3.63) is 174 Å². The van der Waals surface area contributed by atoms with Crippen molar-refractivity contribution in [3.8, 4) is 0 Å². The van der Waals surface area contributed by atoms with Crippen molar-refractivity contribution in [1.82, 2.24) is 0 Å². The summed E-state index contributed by atoms with van der Waals surface area (Å²) >= 11 is 0. The first-order valence-electron chi connectivity index (χ1n) is 15.9. The Morgan fingerprint density at radius 2 is 0.625 bits per heavy atom. The number of hydrogen-bond acceptors (Lipinski definition) is 0. The molecule has 0 aromatic heterocycles. The van der Waals surface area contributed by atoms with E-state index in [-0.39, 0.29) is 98.1 Å². The van der Waals surface area contributed by atoms with E-state index in [0.29, 0.717) is 0 Å². The Labute approximate surface area is 371 Å². The predicted molar refractivity (Wildman–Crippen MR) is 200 cm³/mol. The van der Waals surface area contributed by atoms with Gasteiger partial charge in [0.15, 0.2) is 0 Å². The molecule has 0 spiro atoms. The molecule has 0 N–H and O–H groups in total. The van der Waals surface area contributed by atoms with Gasteiger partial charge in [0.05, 0.1) is 0 Å². The third-order valence-electron chi connectivity index (χ3n) is 8.00. The molecule has 0 unspecified atom stereocenters. The average Bonchev–Trinajstić information content (AvgIpc) is 2.97. The van der Waals surface area contributed by atoms with E-state index in [1.54, 1.807) is 0 Å². The van der Waals surface area contributed by atoms with Gasteiger partial charge in [0.1, 0.15) is 0 Å². The van der Waals surface area contributed by atoms with Crippen molar-refractivity contribution in [2.24, 2.45) is 0 Å². The maximum atomic E-state index is 3.17. The molecule has 5 aromatic carbocycles. The van der Waals surface area contributed by atoms with Crippen LogP contribution in [0.2, 0.25) is 0 Å². The molecule has 48 heavy (non-hydrogen) atoms. The second-order valence-corrected chi connectivity index (χ2v) is 12.6. The van der Waals surface area contributed by atoms with E-state index in [4.69, 9.17) is 0 Å². The molecule has 0 aliphatic carbocycles. The normalized spacial score (nSPS) is 9.06. The van der Waals surface area contributed by atoms with Gasteiger partial charge in [-0.15, -0.1) is 0 Å². The summed E-state index contributed by atoms with van der Waals surface area (Å²) in [5, 5.41) is 0. The molecule has 0 amide bonds. The minimum Gasteiger partial charge on any atom is -0.180 e. The monoisotopic (exact) mass is 864 g/mol.